The maximum Gasteiger partial charge on any atom is 0.266 e. The Morgan fingerprint density at radius 3 is 2.45 bits per heavy atom. The van der Waals surface area contributed by atoms with Crippen LogP contribution in [0.15, 0.2) is 24.3 Å². The molecule has 0 saturated heterocycles. The molecular weight excluding hydrogens is 268 g/mol. The van der Waals surface area contributed by atoms with Gasteiger partial charge in [0, 0.05) is 22.7 Å². The number of thiophene rings is 1. The van der Waals surface area contributed by atoms with Crippen molar-refractivity contribution in [2.75, 3.05) is 12.3 Å². The summed E-state index contributed by atoms with van der Waals surface area (Å²) in [5.41, 5.74) is 6.79. The molecule has 0 aliphatic carbocycles. The average Bonchev–Trinajstić information content (AvgIpc) is 2.73. The van der Waals surface area contributed by atoms with Crippen molar-refractivity contribution >= 4 is 33.0 Å². The van der Waals surface area contributed by atoms with Crippen molar-refractivity contribution in [1.29, 1.82) is 0 Å². The van der Waals surface area contributed by atoms with E-state index in [0.717, 1.165) is 16.6 Å². The first-order valence-electron chi connectivity index (χ1n) is 6.99. The molecule has 0 unspecified atom stereocenters. The van der Waals surface area contributed by atoms with Gasteiger partial charge in [0.25, 0.3) is 5.91 Å². The highest BCUT2D eigenvalue weighted by Crippen LogP contribution is 2.34. The Hall–Kier alpha value is -1.55. The van der Waals surface area contributed by atoms with Gasteiger partial charge in [-0.05, 0) is 25.8 Å². The van der Waals surface area contributed by atoms with Crippen molar-refractivity contribution in [2.45, 2.75) is 33.7 Å². The van der Waals surface area contributed by atoms with E-state index in [2.05, 4.69) is 13.8 Å². The van der Waals surface area contributed by atoms with Crippen molar-refractivity contribution in [3.63, 3.8) is 0 Å². The molecule has 2 rings (SSSR count). The molecule has 108 valence electrons. The first-order valence-corrected chi connectivity index (χ1v) is 7.81. The molecule has 0 spiro atoms. The minimum atomic E-state index is 0.0485. The maximum atomic E-state index is 12.8. The summed E-state index contributed by atoms with van der Waals surface area (Å²) < 4.78 is 1.07. The summed E-state index contributed by atoms with van der Waals surface area (Å²) in [4.78, 5) is 15.3. The van der Waals surface area contributed by atoms with Gasteiger partial charge in [-0.2, -0.15) is 0 Å². The lowest BCUT2D eigenvalue weighted by atomic mass is 10.1. The zero-order valence-corrected chi connectivity index (χ0v) is 13.3. The fourth-order valence-electron chi connectivity index (χ4n) is 2.28. The molecule has 20 heavy (non-hydrogen) atoms. The molecule has 0 fully saturated rings. The summed E-state index contributed by atoms with van der Waals surface area (Å²) in [5, 5.41) is 0.981. The molecule has 1 aromatic carbocycles. The molecule has 0 saturated carbocycles. The van der Waals surface area contributed by atoms with Crippen LogP contribution in [0.1, 0.15) is 37.4 Å². The number of rotatable bonds is 4. The van der Waals surface area contributed by atoms with Crippen molar-refractivity contribution in [1.82, 2.24) is 4.90 Å². The van der Waals surface area contributed by atoms with Crippen LogP contribution in [0.3, 0.4) is 0 Å². The summed E-state index contributed by atoms with van der Waals surface area (Å²) in [6.45, 7) is 9.09. The zero-order chi connectivity index (χ0) is 14.9. The number of hydrogen-bond acceptors (Lipinski definition) is 3. The quantitative estimate of drug-likeness (QED) is 0.925. The summed E-state index contributed by atoms with van der Waals surface area (Å²) in [6.07, 6.45) is 0. The van der Waals surface area contributed by atoms with E-state index in [1.807, 2.05) is 43.0 Å². The number of nitrogens with two attached hydrogens (primary N) is 1. The lowest BCUT2D eigenvalue weighted by Gasteiger charge is -2.28. The normalized spacial score (nSPS) is 11.5. The third-order valence-electron chi connectivity index (χ3n) is 3.27. The highest BCUT2D eigenvalue weighted by Gasteiger charge is 2.24. The van der Waals surface area contributed by atoms with Gasteiger partial charge in [0.15, 0.2) is 0 Å². The molecule has 0 radical (unpaired) electrons. The van der Waals surface area contributed by atoms with E-state index in [-0.39, 0.29) is 11.9 Å². The van der Waals surface area contributed by atoms with Crippen LogP contribution in [0.25, 0.3) is 10.1 Å². The SMILES string of the molecule is CC(C)CN(C(=O)c1sc2ccccc2c1N)C(C)C. The maximum absolute atomic E-state index is 12.8. The van der Waals surface area contributed by atoms with Gasteiger partial charge in [0.1, 0.15) is 4.88 Å². The van der Waals surface area contributed by atoms with Crippen LogP contribution >= 0.6 is 11.3 Å². The van der Waals surface area contributed by atoms with Crippen molar-refractivity contribution in [2.24, 2.45) is 5.92 Å². The number of anilines is 1. The number of nitrogen functional groups attached to an aromatic ring is 1. The Morgan fingerprint density at radius 1 is 1.25 bits per heavy atom. The first-order chi connectivity index (χ1) is 9.41. The smallest absolute Gasteiger partial charge is 0.266 e. The van der Waals surface area contributed by atoms with Gasteiger partial charge in [0.2, 0.25) is 0 Å². The van der Waals surface area contributed by atoms with Gasteiger partial charge < -0.3 is 10.6 Å². The second kappa shape index (κ2) is 5.83. The molecular formula is C16H22N2OS. The molecule has 1 aromatic heterocycles. The number of hydrogen-bond donors (Lipinski definition) is 1. The Labute approximate surface area is 124 Å². The topological polar surface area (TPSA) is 46.3 Å². The van der Waals surface area contributed by atoms with Crippen LogP contribution in [0.5, 0.6) is 0 Å². The fourth-order valence-corrected chi connectivity index (χ4v) is 3.36. The summed E-state index contributed by atoms with van der Waals surface area (Å²) in [6, 6.07) is 8.08. The molecule has 0 bridgehead atoms. The van der Waals surface area contributed by atoms with Crippen LogP contribution < -0.4 is 5.73 Å². The minimum absolute atomic E-state index is 0.0485. The van der Waals surface area contributed by atoms with E-state index < -0.39 is 0 Å². The van der Waals surface area contributed by atoms with Crippen molar-refractivity contribution in [3.8, 4) is 0 Å². The zero-order valence-electron chi connectivity index (χ0n) is 12.5. The molecule has 1 amide bonds. The molecule has 2 N–H and O–H groups in total. The Bertz CT molecular complexity index is 616. The van der Waals surface area contributed by atoms with Crippen molar-refractivity contribution in [3.05, 3.63) is 29.1 Å². The van der Waals surface area contributed by atoms with E-state index in [1.54, 1.807) is 0 Å². The van der Waals surface area contributed by atoms with Crippen LogP contribution in [0.4, 0.5) is 5.69 Å². The van der Waals surface area contributed by atoms with E-state index >= 15 is 0 Å². The molecule has 4 heteroatoms. The lowest BCUT2D eigenvalue weighted by Crippen LogP contribution is -2.39. The molecule has 3 nitrogen and oxygen atoms in total. The minimum Gasteiger partial charge on any atom is -0.397 e. The predicted octanol–water partition coefficient (Wildman–Crippen LogP) is 3.99. The van der Waals surface area contributed by atoms with E-state index in [9.17, 15) is 4.79 Å². The second-order valence-electron chi connectivity index (χ2n) is 5.79. The fraction of sp³-hybridized carbons (Fsp3) is 0.438. The largest absolute Gasteiger partial charge is 0.397 e. The Kier molecular flexibility index (Phi) is 4.33. The number of carbonyl (C=O) groups is 1. The lowest BCUT2D eigenvalue weighted by molar-refractivity contribution is 0.0688. The molecule has 1 heterocycles. The van der Waals surface area contributed by atoms with Crippen molar-refractivity contribution < 1.29 is 4.79 Å². The van der Waals surface area contributed by atoms with Gasteiger partial charge in [-0.3, -0.25) is 4.79 Å². The van der Waals surface area contributed by atoms with Crippen LogP contribution in [0, 0.1) is 5.92 Å². The predicted molar refractivity (Wildman–Crippen MR) is 87.2 cm³/mol. The van der Waals surface area contributed by atoms with Gasteiger partial charge in [0.05, 0.1) is 5.69 Å². The summed E-state index contributed by atoms with van der Waals surface area (Å²) >= 11 is 1.49. The van der Waals surface area contributed by atoms with Crippen LogP contribution in [-0.2, 0) is 0 Å². The highest BCUT2D eigenvalue weighted by atomic mass is 32.1. The molecule has 0 atom stereocenters. The number of carbonyl (C=O) groups excluding carboxylic acids is 1. The first kappa shape index (κ1) is 14.9. The highest BCUT2D eigenvalue weighted by molar-refractivity contribution is 7.21. The monoisotopic (exact) mass is 290 g/mol. The van der Waals surface area contributed by atoms with E-state index in [4.69, 9.17) is 5.73 Å². The number of benzene rings is 1. The third kappa shape index (κ3) is 2.80. The van der Waals surface area contributed by atoms with Crippen LogP contribution in [-0.4, -0.2) is 23.4 Å². The standard InChI is InChI=1S/C16H22N2OS/c1-10(2)9-18(11(3)4)16(19)15-14(17)12-7-5-6-8-13(12)20-15/h5-8,10-11H,9,17H2,1-4H3. The third-order valence-corrected chi connectivity index (χ3v) is 4.45. The van der Waals surface area contributed by atoms with Gasteiger partial charge >= 0.3 is 0 Å². The summed E-state index contributed by atoms with van der Waals surface area (Å²) in [7, 11) is 0. The number of fused-ring (bicyclic) bond motifs is 1. The average molecular weight is 290 g/mol. The van der Waals surface area contributed by atoms with Gasteiger partial charge in [-0.25, -0.2) is 0 Å². The number of amides is 1. The van der Waals surface area contributed by atoms with E-state index in [1.165, 1.54) is 11.3 Å². The second-order valence-corrected chi connectivity index (χ2v) is 6.84. The van der Waals surface area contributed by atoms with Crippen LogP contribution in [0.2, 0.25) is 0 Å². The number of nitrogens with zero attached hydrogens (tertiary/aromatic N) is 1. The molecule has 2 aromatic rings. The molecule has 0 aliphatic heterocycles. The Balaban J connectivity index is 2.41. The summed E-state index contributed by atoms with van der Waals surface area (Å²) in [5.74, 6) is 0.490. The van der Waals surface area contributed by atoms with Gasteiger partial charge in [-0.15, -0.1) is 11.3 Å². The van der Waals surface area contributed by atoms with Gasteiger partial charge in [-0.1, -0.05) is 32.0 Å². The van der Waals surface area contributed by atoms with E-state index in [0.29, 0.717) is 16.5 Å². The Morgan fingerprint density at radius 2 is 1.90 bits per heavy atom. The molecule has 0 aliphatic rings.